The fourth-order valence-electron chi connectivity index (χ4n) is 1.69. The molecule has 0 aromatic heterocycles. The zero-order valence-electron chi connectivity index (χ0n) is 10.5. The lowest BCUT2D eigenvalue weighted by Gasteiger charge is -2.01. The molecule has 2 heteroatoms. The third kappa shape index (κ3) is 11.6. The SMILES string of the molecule is CCCCCCCCC(=O)CCCNC. The number of hydrogen-bond donors (Lipinski definition) is 1. The van der Waals surface area contributed by atoms with Crippen molar-refractivity contribution in [3.8, 4) is 0 Å². The van der Waals surface area contributed by atoms with Gasteiger partial charge in [0.1, 0.15) is 5.78 Å². The highest BCUT2D eigenvalue weighted by molar-refractivity contribution is 5.78. The number of carbonyl (C=O) groups excluding carboxylic acids is 1. The van der Waals surface area contributed by atoms with Crippen LogP contribution in [-0.2, 0) is 4.79 Å². The molecule has 0 aliphatic rings. The van der Waals surface area contributed by atoms with Crippen LogP contribution in [0.1, 0.15) is 64.7 Å². The maximum absolute atomic E-state index is 11.4. The predicted octanol–water partition coefficient (Wildman–Crippen LogP) is 3.31. The van der Waals surface area contributed by atoms with Crippen molar-refractivity contribution >= 4 is 5.78 Å². The quantitative estimate of drug-likeness (QED) is 0.533. The van der Waals surface area contributed by atoms with E-state index >= 15 is 0 Å². The first-order valence-corrected chi connectivity index (χ1v) is 6.47. The summed E-state index contributed by atoms with van der Waals surface area (Å²) in [7, 11) is 1.93. The average Bonchev–Trinajstić information content (AvgIpc) is 2.23. The summed E-state index contributed by atoms with van der Waals surface area (Å²) in [5.74, 6) is 0.445. The minimum absolute atomic E-state index is 0.445. The van der Waals surface area contributed by atoms with E-state index in [1.807, 2.05) is 7.05 Å². The Morgan fingerprint density at radius 1 is 0.933 bits per heavy atom. The molecule has 0 unspecified atom stereocenters. The van der Waals surface area contributed by atoms with Gasteiger partial charge >= 0.3 is 0 Å². The van der Waals surface area contributed by atoms with E-state index in [1.54, 1.807) is 0 Å². The zero-order chi connectivity index (χ0) is 11.4. The van der Waals surface area contributed by atoms with Gasteiger partial charge in [0.05, 0.1) is 0 Å². The molecular weight excluding hydrogens is 186 g/mol. The molecule has 0 aliphatic heterocycles. The van der Waals surface area contributed by atoms with E-state index in [0.29, 0.717) is 5.78 Å². The molecule has 0 aliphatic carbocycles. The Hall–Kier alpha value is -0.370. The number of unbranched alkanes of at least 4 members (excludes halogenated alkanes) is 5. The standard InChI is InChI=1S/C13H27NO/c1-3-4-5-6-7-8-10-13(15)11-9-12-14-2/h14H,3-12H2,1-2H3. The van der Waals surface area contributed by atoms with Crippen LogP contribution in [0, 0.1) is 0 Å². The molecule has 90 valence electrons. The monoisotopic (exact) mass is 213 g/mol. The average molecular weight is 213 g/mol. The van der Waals surface area contributed by atoms with Gasteiger partial charge < -0.3 is 5.32 Å². The van der Waals surface area contributed by atoms with Gasteiger partial charge in [-0.2, -0.15) is 0 Å². The van der Waals surface area contributed by atoms with Crippen LogP contribution in [0.4, 0.5) is 0 Å². The molecular formula is C13H27NO. The lowest BCUT2D eigenvalue weighted by atomic mass is 10.1. The number of ketones is 1. The second-order valence-corrected chi connectivity index (χ2v) is 4.26. The molecule has 0 saturated heterocycles. The van der Waals surface area contributed by atoms with E-state index in [2.05, 4.69) is 12.2 Å². The highest BCUT2D eigenvalue weighted by Gasteiger charge is 2.00. The van der Waals surface area contributed by atoms with E-state index < -0.39 is 0 Å². The first-order chi connectivity index (χ1) is 7.31. The molecule has 2 nitrogen and oxygen atoms in total. The number of hydrogen-bond acceptors (Lipinski definition) is 2. The van der Waals surface area contributed by atoms with Crippen molar-refractivity contribution in [1.82, 2.24) is 5.32 Å². The van der Waals surface area contributed by atoms with Crippen LogP contribution in [0.5, 0.6) is 0 Å². The highest BCUT2D eigenvalue weighted by atomic mass is 16.1. The number of Topliss-reactive ketones (excluding diaryl/α,β-unsaturated/α-hetero) is 1. The van der Waals surface area contributed by atoms with Crippen molar-refractivity contribution in [2.24, 2.45) is 0 Å². The highest BCUT2D eigenvalue weighted by Crippen LogP contribution is 2.08. The number of carbonyl (C=O) groups is 1. The van der Waals surface area contributed by atoms with Crippen molar-refractivity contribution in [2.75, 3.05) is 13.6 Å². The van der Waals surface area contributed by atoms with Crippen molar-refractivity contribution in [3.05, 3.63) is 0 Å². The van der Waals surface area contributed by atoms with Crippen LogP contribution >= 0.6 is 0 Å². The van der Waals surface area contributed by atoms with Gasteiger partial charge in [-0.05, 0) is 26.4 Å². The molecule has 0 heterocycles. The number of nitrogens with one attached hydrogen (secondary N) is 1. The molecule has 0 saturated carbocycles. The Morgan fingerprint density at radius 3 is 2.20 bits per heavy atom. The molecule has 0 fully saturated rings. The minimum Gasteiger partial charge on any atom is -0.320 e. The van der Waals surface area contributed by atoms with Crippen LogP contribution in [0.3, 0.4) is 0 Å². The van der Waals surface area contributed by atoms with Gasteiger partial charge in [0, 0.05) is 12.8 Å². The molecule has 0 radical (unpaired) electrons. The summed E-state index contributed by atoms with van der Waals surface area (Å²) in [6.45, 7) is 3.19. The Kier molecular flexibility index (Phi) is 11.4. The smallest absolute Gasteiger partial charge is 0.132 e. The van der Waals surface area contributed by atoms with Crippen molar-refractivity contribution in [3.63, 3.8) is 0 Å². The van der Waals surface area contributed by atoms with Crippen molar-refractivity contribution in [2.45, 2.75) is 64.7 Å². The van der Waals surface area contributed by atoms with Gasteiger partial charge in [0.25, 0.3) is 0 Å². The molecule has 15 heavy (non-hydrogen) atoms. The van der Waals surface area contributed by atoms with Crippen LogP contribution in [0.25, 0.3) is 0 Å². The normalized spacial score (nSPS) is 10.5. The molecule has 0 bridgehead atoms. The Bertz CT molecular complexity index is 145. The fraction of sp³-hybridized carbons (Fsp3) is 0.923. The maximum Gasteiger partial charge on any atom is 0.132 e. The largest absolute Gasteiger partial charge is 0.320 e. The molecule has 0 rings (SSSR count). The van der Waals surface area contributed by atoms with Gasteiger partial charge in [-0.25, -0.2) is 0 Å². The second-order valence-electron chi connectivity index (χ2n) is 4.26. The van der Waals surface area contributed by atoms with E-state index in [9.17, 15) is 4.79 Å². The topological polar surface area (TPSA) is 29.1 Å². The Labute approximate surface area is 94.8 Å². The summed E-state index contributed by atoms with van der Waals surface area (Å²) >= 11 is 0. The number of rotatable bonds is 11. The first kappa shape index (κ1) is 14.6. The summed E-state index contributed by atoms with van der Waals surface area (Å²) in [5, 5.41) is 3.06. The molecule has 0 spiro atoms. The summed E-state index contributed by atoms with van der Waals surface area (Å²) < 4.78 is 0. The fourth-order valence-corrected chi connectivity index (χ4v) is 1.69. The van der Waals surface area contributed by atoms with Crippen LogP contribution in [0.15, 0.2) is 0 Å². The van der Waals surface area contributed by atoms with E-state index in [0.717, 1.165) is 32.2 Å². The van der Waals surface area contributed by atoms with Crippen LogP contribution in [-0.4, -0.2) is 19.4 Å². The van der Waals surface area contributed by atoms with Gasteiger partial charge in [-0.1, -0.05) is 39.0 Å². The second kappa shape index (κ2) is 11.7. The zero-order valence-corrected chi connectivity index (χ0v) is 10.5. The maximum atomic E-state index is 11.4. The minimum atomic E-state index is 0.445. The van der Waals surface area contributed by atoms with E-state index in [1.165, 1.54) is 32.1 Å². The van der Waals surface area contributed by atoms with Gasteiger partial charge in [0.15, 0.2) is 0 Å². The third-order valence-electron chi connectivity index (χ3n) is 2.69. The summed E-state index contributed by atoms with van der Waals surface area (Å²) in [6.07, 6.45) is 10.2. The Morgan fingerprint density at radius 2 is 1.53 bits per heavy atom. The van der Waals surface area contributed by atoms with Crippen LogP contribution < -0.4 is 5.32 Å². The summed E-state index contributed by atoms with van der Waals surface area (Å²) in [6, 6.07) is 0. The van der Waals surface area contributed by atoms with Gasteiger partial charge in [-0.3, -0.25) is 4.79 Å². The van der Waals surface area contributed by atoms with Crippen LogP contribution in [0.2, 0.25) is 0 Å². The third-order valence-corrected chi connectivity index (χ3v) is 2.69. The summed E-state index contributed by atoms with van der Waals surface area (Å²) in [4.78, 5) is 11.4. The van der Waals surface area contributed by atoms with E-state index in [-0.39, 0.29) is 0 Å². The molecule has 0 atom stereocenters. The summed E-state index contributed by atoms with van der Waals surface area (Å²) in [5.41, 5.74) is 0. The van der Waals surface area contributed by atoms with Gasteiger partial charge in [0.2, 0.25) is 0 Å². The first-order valence-electron chi connectivity index (χ1n) is 6.47. The Balaban J connectivity index is 3.10. The van der Waals surface area contributed by atoms with Crippen molar-refractivity contribution in [1.29, 1.82) is 0 Å². The van der Waals surface area contributed by atoms with E-state index in [4.69, 9.17) is 0 Å². The lowest BCUT2D eigenvalue weighted by molar-refractivity contribution is -0.119. The molecule has 0 amide bonds. The lowest BCUT2D eigenvalue weighted by Crippen LogP contribution is -2.09. The van der Waals surface area contributed by atoms with Crippen molar-refractivity contribution < 1.29 is 4.79 Å². The van der Waals surface area contributed by atoms with Gasteiger partial charge in [-0.15, -0.1) is 0 Å². The molecule has 0 aromatic carbocycles. The molecule has 0 aromatic rings. The predicted molar refractivity (Wildman–Crippen MR) is 66.2 cm³/mol. The molecule has 1 N–H and O–H groups in total.